The summed E-state index contributed by atoms with van der Waals surface area (Å²) < 4.78 is 1.86. The predicted molar refractivity (Wildman–Crippen MR) is 63.4 cm³/mol. The monoisotopic (exact) mass is 216 g/mol. The summed E-state index contributed by atoms with van der Waals surface area (Å²) in [4.78, 5) is 0. The van der Waals surface area contributed by atoms with Gasteiger partial charge in [0, 0.05) is 6.54 Å². The molecule has 0 bridgehead atoms. The molecule has 4 heteroatoms. The largest absolute Gasteiger partial charge is 0.311 e. The van der Waals surface area contributed by atoms with E-state index in [9.17, 15) is 0 Å². The quantitative estimate of drug-likeness (QED) is 0.774. The van der Waals surface area contributed by atoms with Crippen molar-refractivity contribution < 1.29 is 0 Å². The smallest absolute Gasteiger partial charge is 0.0783 e. The Morgan fingerprint density at radius 3 is 2.81 bits per heavy atom. The molecule has 1 aromatic carbocycles. The number of rotatable bonds is 5. The second-order valence-corrected chi connectivity index (χ2v) is 3.65. The van der Waals surface area contributed by atoms with Crippen molar-refractivity contribution in [3.8, 4) is 5.69 Å². The topological polar surface area (TPSA) is 42.7 Å². The van der Waals surface area contributed by atoms with E-state index in [1.54, 1.807) is 6.20 Å². The zero-order chi connectivity index (χ0) is 11.2. The van der Waals surface area contributed by atoms with Crippen LogP contribution in [0.25, 0.3) is 5.69 Å². The highest BCUT2D eigenvalue weighted by molar-refractivity contribution is 5.31. The minimum Gasteiger partial charge on any atom is -0.311 e. The summed E-state index contributed by atoms with van der Waals surface area (Å²) in [5.74, 6) is 0. The van der Waals surface area contributed by atoms with Crippen molar-refractivity contribution in [1.82, 2.24) is 20.3 Å². The van der Waals surface area contributed by atoms with E-state index in [0.29, 0.717) is 0 Å². The normalized spacial score (nSPS) is 10.6. The summed E-state index contributed by atoms with van der Waals surface area (Å²) in [7, 11) is 0. The molecule has 0 radical (unpaired) electrons. The number of aromatic nitrogens is 3. The van der Waals surface area contributed by atoms with E-state index in [1.807, 2.05) is 35.0 Å². The van der Waals surface area contributed by atoms with Crippen LogP contribution < -0.4 is 5.32 Å². The maximum Gasteiger partial charge on any atom is 0.0783 e. The van der Waals surface area contributed by atoms with Gasteiger partial charge in [0.1, 0.15) is 0 Å². The highest BCUT2D eigenvalue weighted by Crippen LogP contribution is 2.08. The third-order valence-corrected chi connectivity index (χ3v) is 2.35. The van der Waals surface area contributed by atoms with Gasteiger partial charge in [0.15, 0.2) is 0 Å². The van der Waals surface area contributed by atoms with E-state index in [1.165, 1.54) is 0 Å². The molecule has 84 valence electrons. The van der Waals surface area contributed by atoms with Gasteiger partial charge in [0.05, 0.1) is 17.6 Å². The first-order chi connectivity index (χ1) is 7.92. The molecule has 0 amide bonds. The summed E-state index contributed by atoms with van der Waals surface area (Å²) in [5, 5.41) is 11.4. The molecule has 0 aliphatic carbocycles. The number of hydrogen-bond donors (Lipinski definition) is 1. The zero-order valence-corrected chi connectivity index (χ0v) is 9.43. The van der Waals surface area contributed by atoms with E-state index in [0.717, 1.165) is 30.9 Å². The fourth-order valence-electron chi connectivity index (χ4n) is 1.56. The van der Waals surface area contributed by atoms with Crippen LogP contribution in [0, 0.1) is 0 Å². The van der Waals surface area contributed by atoms with E-state index in [-0.39, 0.29) is 0 Å². The lowest BCUT2D eigenvalue weighted by Crippen LogP contribution is -2.16. The third kappa shape index (κ3) is 2.46. The molecule has 0 unspecified atom stereocenters. The number of benzene rings is 1. The first-order valence-corrected chi connectivity index (χ1v) is 5.57. The molecule has 2 aromatic rings. The summed E-state index contributed by atoms with van der Waals surface area (Å²) in [5.41, 5.74) is 2.13. The Kier molecular flexibility index (Phi) is 3.66. The Hall–Kier alpha value is -1.68. The first kappa shape index (κ1) is 10.8. The molecule has 0 spiro atoms. The van der Waals surface area contributed by atoms with Crippen molar-refractivity contribution in [1.29, 1.82) is 0 Å². The molecule has 4 nitrogen and oxygen atoms in total. The molecule has 0 fully saturated rings. The highest BCUT2D eigenvalue weighted by Gasteiger charge is 2.04. The lowest BCUT2D eigenvalue weighted by atomic mass is 10.3. The van der Waals surface area contributed by atoms with Gasteiger partial charge in [0.25, 0.3) is 0 Å². The van der Waals surface area contributed by atoms with Crippen LogP contribution in [0.3, 0.4) is 0 Å². The van der Waals surface area contributed by atoms with Gasteiger partial charge in [-0.15, -0.1) is 5.10 Å². The van der Waals surface area contributed by atoms with E-state index in [4.69, 9.17) is 0 Å². The number of para-hydroxylation sites is 1. The van der Waals surface area contributed by atoms with Crippen molar-refractivity contribution in [3.63, 3.8) is 0 Å². The average Bonchev–Trinajstić information content (AvgIpc) is 2.79. The molecule has 0 aliphatic heterocycles. The average molecular weight is 216 g/mol. The number of nitrogens with zero attached hydrogens (tertiary/aromatic N) is 3. The van der Waals surface area contributed by atoms with Gasteiger partial charge < -0.3 is 5.32 Å². The molecule has 2 rings (SSSR count). The number of nitrogens with one attached hydrogen (secondary N) is 1. The molecule has 0 saturated heterocycles. The molecule has 0 atom stereocenters. The van der Waals surface area contributed by atoms with Crippen LogP contribution in [0.5, 0.6) is 0 Å². The van der Waals surface area contributed by atoms with Crippen molar-refractivity contribution in [2.45, 2.75) is 19.9 Å². The Bertz CT molecular complexity index is 422. The fraction of sp³-hybridized carbons (Fsp3) is 0.333. The first-order valence-electron chi connectivity index (χ1n) is 5.57. The van der Waals surface area contributed by atoms with Gasteiger partial charge in [-0.05, 0) is 25.1 Å². The summed E-state index contributed by atoms with van der Waals surface area (Å²) >= 11 is 0. The summed E-state index contributed by atoms with van der Waals surface area (Å²) in [6.07, 6.45) is 2.93. The maximum absolute atomic E-state index is 4.09. The van der Waals surface area contributed by atoms with Crippen LogP contribution in [0.2, 0.25) is 0 Å². The molecule has 1 N–H and O–H groups in total. The second-order valence-electron chi connectivity index (χ2n) is 3.65. The van der Waals surface area contributed by atoms with E-state index in [2.05, 4.69) is 22.6 Å². The molecule has 16 heavy (non-hydrogen) atoms. The van der Waals surface area contributed by atoms with Crippen LogP contribution in [0.1, 0.15) is 19.0 Å². The van der Waals surface area contributed by atoms with Crippen LogP contribution in [0.15, 0.2) is 36.5 Å². The lowest BCUT2D eigenvalue weighted by molar-refractivity contribution is 0.641. The van der Waals surface area contributed by atoms with Gasteiger partial charge in [-0.3, -0.25) is 0 Å². The van der Waals surface area contributed by atoms with Gasteiger partial charge in [-0.1, -0.05) is 30.3 Å². The third-order valence-electron chi connectivity index (χ3n) is 2.35. The van der Waals surface area contributed by atoms with Gasteiger partial charge in [0.2, 0.25) is 0 Å². The second kappa shape index (κ2) is 5.42. The van der Waals surface area contributed by atoms with Crippen LogP contribution >= 0.6 is 0 Å². The Morgan fingerprint density at radius 1 is 1.25 bits per heavy atom. The zero-order valence-electron chi connectivity index (χ0n) is 9.43. The fourth-order valence-corrected chi connectivity index (χ4v) is 1.56. The SMILES string of the molecule is CCCNCc1cnnn1-c1ccccc1. The van der Waals surface area contributed by atoms with E-state index >= 15 is 0 Å². The van der Waals surface area contributed by atoms with Crippen molar-refractivity contribution >= 4 is 0 Å². The molecule has 1 aromatic heterocycles. The molecule has 1 heterocycles. The summed E-state index contributed by atoms with van der Waals surface area (Å²) in [6.45, 7) is 3.97. The van der Waals surface area contributed by atoms with Crippen molar-refractivity contribution in [3.05, 3.63) is 42.2 Å². The van der Waals surface area contributed by atoms with Gasteiger partial charge >= 0.3 is 0 Å². The Morgan fingerprint density at radius 2 is 2.06 bits per heavy atom. The summed E-state index contributed by atoms with van der Waals surface area (Å²) in [6, 6.07) is 10.0. The Balaban J connectivity index is 2.13. The number of hydrogen-bond acceptors (Lipinski definition) is 3. The standard InChI is InChI=1S/C12H16N4/c1-2-8-13-9-12-10-14-15-16(12)11-6-4-3-5-7-11/h3-7,10,13H,2,8-9H2,1H3. The molecular weight excluding hydrogens is 200 g/mol. The predicted octanol–water partition coefficient (Wildman–Crippen LogP) is 1.77. The highest BCUT2D eigenvalue weighted by atomic mass is 15.4. The Labute approximate surface area is 95.3 Å². The molecule has 0 aliphatic rings. The minimum atomic E-state index is 0.801. The van der Waals surface area contributed by atoms with Gasteiger partial charge in [-0.25, -0.2) is 4.68 Å². The van der Waals surface area contributed by atoms with Gasteiger partial charge in [-0.2, -0.15) is 0 Å². The maximum atomic E-state index is 4.09. The van der Waals surface area contributed by atoms with Crippen LogP contribution in [-0.4, -0.2) is 21.5 Å². The molecular formula is C12H16N4. The minimum absolute atomic E-state index is 0.801. The lowest BCUT2D eigenvalue weighted by Gasteiger charge is -2.06. The van der Waals surface area contributed by atoms with Crippen molar-refractivity contribution in [2.75, 3.05) is 6.54 Å². The van der Waals surface area contributed by atoms with E-state index < -0.39 is 0 Å². The van der Waals surface area contributed by atoms with Crippen molar-refractivity contribution in [2.24, 2.45) is 0 Å². The van der Waals surface area contributed by atoms with Crippen LogP contribution in [-0.2, 0) is 6.54 Å². The van der Waals surface area contributed by atoms with Crippen LogP contribution in [0.4, 0.5) is 0 Å². The molecule has 0 saturated carbocycles.